The molecule has 0 saturated carbocycles. The summed E-state index contributed by atoms with van der Waals surface area (Å²) < 4.78 is 11.1. The van der Waals surface area contributed by atoms with Crippen molar-refractivity contribution in [3.8, 4) is 0 Å². The van der Waals surface area contributed by atoms with Crippen molar-refractivity contribution in [2.75, 3.05) is 19.8 Å². The van der Waals surface area contributed by atoms with E-state index in [1.807, 2.05) is 0 Å². The van der Waals surface area contributed by atoms with Crippen LogP contribution in [-0.4, -0.2) is 37.0 Å². The highest BCUT2D eigenvalue weighted by molar-refractivity contribution is 5.69. The largest absolute Gasteiger partial charge is 0.457 e. The van der Waals surface area contributed by atoms with Crippen LogP contribution in [0.25, 0.3) is 0 Å². The van der Waals surface area contributed by atoms with Gasteiger partial charge in [0.25, 0.3) is 0 Å². The summed E-state index contributed by atoms with van der Waals surface area (Å²) >= 11 is 0. The van der Waals surface area contributed by atoms with Gasteiger partial charge in [0.05, 0.1) is 13.2 Å². The van der Waals surface area contributed by atoms with Gasteiger partial charge in [-0.05, 0) is 57.8 Å². The summed E-state index contributed by atoms with van der Waals surface area (Å²) in [6.45, 7) is 5.27. The summed E-state index contributed by atoms with van der Waals surface area (Å²) in [4.78, 5) is 12.1. The number of aliphatic hydroxyl groups excluding tert-OH is 1. The van der Waals surface area contributed by atoms with Crippen molar-refractivity contribution in [2.45, 2.75) is 180 Å². The smallest absolute Gasteiger partial charge is 0.306 e. The van der Waals surface area contributed by atoms with Crippen molar-refractivity contribution < 1.29 is 19.4 Å². The molecular weight excluding hydrogens is 496 g/mol. The number of unbranched alkanes of at least 4 members (excludes halogenated alkanes) is 20. The monoisotopic (exact) mass is 565 g/mol. The number of hydrogen-bond acceptors (Lipinski definition) is 4. The Labute approximate surface area is 249 Å². The van der Waals surface area contributed by atoms with Crippen LogP contribution in [0.4, 0.5) is 0 Å². The zero-order valence-electron chi connectivity index (χ0n) is 26.9. The first-order chi connectivity index (χ1) is 19.7. The van der Waals surface area contributed by atoms with Gasteiger partial charge in [-0.1, -0.05) is 134 Å². The fraction of sp³-hybridized carbons (Fsp3) is 0.861. The van der Waals surface area contributed by atoms with E-state index in [1.54, 1.807) is 0 Å². The van der Waals surface area contributed by atoms with Crippen LogP contribution < -0.4 is 0 Å². The van der Waals surface area contributed by atoms with Gasteiger partial charge in [0.2, 0.25) is 0 Å². The van der Waals surface area contributed by atoms with Crippen LogP contribution in [0.2, 0.25) is 0 Å². The highest BCUT2D eigenvalue weighted by atomic mass is 16.6. The van der Waals surface area contributed by atoms with Gasteiger partial charge in [0.15, 0.2) is 0 Å². The zero-order valence-corrected chi connectivity index (χ0v) is 26.9. The summed E-state index contributed by atoms with van der Waals surface area (Å²) in [5.41, 5.74) is 0. The van der Waals surface area contributed by atoms with Crippen LogP contribution in [0, 0.1) is 0 Å². The van der Waals surface area contributed by atoms with Crippen LogP contribution in [0.3, 0.4) is 0 Å². The first-order valence-electron chi connectivity index (χ1n) is 17.4. The molecule has 0 aromatic heterocycles. The number of rotatable bonds is 32. The fourth-order valence-corrected chi connectivity index (χ4v) is 4.85. The Morgan fingerprint density at radius 2 is 1.02 bits per heavy atom. The van der Waals surface area contributed by atoms with E-state index in [0.717, 1.165) is 19.3 Å². The number of aliphatic hydroxyl groups is 1. The number of ether oxygens (including phenoxy) is 2. The number of hydrogen-bond donors (Lipinski definition) is 1. The molecule has 1 atom stereocenters. The molecule has 0 fully saturated rings. The van der Waals surface area contributed by atoms with Crippen LogP contribution in [0.5, 0.6) is 0 Å². The molecule has 236 valence electrons. The highest BCUT2D eigenvalue weighted by Crippen LogP contribution is 2.12. The van der Waals surface area contributed by atoms with Gasteiger partial charge in [0.1, 0.15) is 6.10 Å². The minimum atomic E-state index is -0.534. The molecule has 0 aliphatic rings. The molecule has 0 aromatic rings. The highest BCUT2D eigenvalue weighted by Gasteiger charge is 2.13. The fourth-order valence-electron chi connectivity index (χ4n) is 4.85. The Morgan fingerprint density at radius 1 is 0.575 bits per heavy atom. The lowest BCUT2D eigenvalue weighted by atomic mass is 10.1. The number of carbonyl (C=O) groups is 1. The maximum absolute atomic E-state index is 12.1. The van der Waals surface area contributed by atoms with E-state index in [1.165, 1.54) is 135 Å². The normalized spacial score (nSPS) is 12.6. The van der Waals surface area contributed by atoms with E-state index in [0.29, 0.717) is 19.6 Å². The van der Waals surface area contributed by atoms with Gasteiger partial charge in [-0.25, -0.2) is 0 Å². The molecular formula is C36H68O4. The molecule has 0 heterocycles. The van der Waals surface area contributed by atoms with Gasteiger partial charge in [-0.15, -0.1) is 0 Å². The van der Waals surface area contributed by atoms with Gasteiger partial charge < -0.3 is 14.6 Å². The minimum Gasteiger partial charge on any atom is -0.457 e. The molecule has 1 unspecified atom stereocenters. The predicted octanol–water partition coefficient (Wildman–Crippen LogP) is 10.8. The summed E-state index contributed by atoms with van der Waals surface area (Å²) in [7, 11) is 0. The molecule has 0 saturated heterocycles. The third-order valence-corrected chi connectivity index (χ3v) is 7.48. The van der Waals surface area contributed by atoms with Crippen molar-refractivity contribution in [1.29, 1.82) is 0 Å². The van der Waals surface area contributed by atoms with E-state index >= 15 is 0 Å². The molecule has 0 aliphatic heterocycles. The predicted molar refractivity (Wildman–Crippen MR) is 173 cm³/mol. The number of carbonyl (C=O) groups excluding carboxylic acids is 1. The lowest BCUT2D eigenvalue weighted by Crippen LogP contribution is -2.27. The zero-order chi connectivity index (χ0) is 29.2. The maximum atomic E-state index is 12.1. The molecule has 0 aliphatic carbocycles. The lowest BCUT2D eigenvalue weighted by Gasteiger charge is -2.15. The Kier molecular flexibility index (Phi) is 33.1. The van der Waals surface area contributed by atoms with Gasteiger partial charge in [0, 0.05) is 13.0 Å². The van der Waals surface area contributed by atoms with Crippen molar-refractivity contribution in [2.24, 2.45) is 0 Å². The standard InChI is InChI=1S/C36H68O4/c1-3-5-7-9-11-13-15-16-17-18-19-20-21-23-25-27-29-31-36(38)40-35(33-37)34-39-32-30-28-26-24-22-14-12-10-8-6-4-2/h8,10,16-17,35,37H,3-7,9,11-15,18-34H2,1-2H3/b10-8-,17-16-. The van der Waals surface area contributed by atoms with E-state index in [9.17, 15) is 9.90 Å². The number of esters is 1. The molecule has 40 heavy (non-hydrogen) atoms. The second-order valence-corrected chi connectivity index (χ2v) is 11.6. The summed E-state index contributed by atoms with van der Waals surface area (Å²) in [5.74, 6) is -0.208. The van der Waals surface area contributed by atoms with Crippen LogP contribution >= 0.6 is 0 Å². The van der Waals surface area contributed by atoms with Crippen LogP contribution in [0.15, 0.2) is 24.3 Å². The maximum Gasteiger partial charge on any atom is 0.306 e. The van der Waals surface area contributed by atoms with E-state index < -0.39 is 6.10 Å². The summed E-state index contributed by atoms with van der Waals surface area (Å²) in [6.07, 6.45) is 39.2. The first kappa shape index (κ1) is 38.9. The quantitative estimate of drug-likeness (QED) is 0.0501. The molecule has 0 aromatic carbocycles. The Bertz CT molecular complexity index is 557. The van der Waals surface area contributed by atoms with Gasteiger partial charge in [-0.2, -0.15) is 0 Å². The molecule has 0 radical (unpaired) electrons. The average molecular weight is 565 g/mol. The molecule has 0 rings (SSSR count). The Balaban J connectivity index is 3.44. The molecule has 0 spiro atoms. The van der Waals surface area contributed by atoms with E-state index in [-0.39, 0.29) is 12.6 Å². The second-order valence-electron chi connectivity index (χ2n) is 11.6. The molecule has 4 heteroatoms. The first-order valence-corrected chi connectivity index (χ1v) is 17.4. The third-order valence-electron chi connectivity index (χ3n) is 7.48. The average Bonchev–Trinajstić information content (AvgIpc) is 2.96. The number of allylic oxidation sites excluding steroid dienone is 4. The van der Waals surface area contributed by atoms with Crippen molar-refractivity contribution in [1.82, 2.24) is 0 Å². The van der Waals surface area contributed by atoms with Gasteiger partial charge >= 0.3 is 5.97 Å². The SMILES string of the molecule is CCC/C=C\CCCCCCCCOCC(CO)OC(=O)CCCCCCCCC/C=C\CCCCCCCC. The lowest BCUT2D eigenvalue weighted by molar-refractivity contribution is -0.154. The van der Waals surface area contributed by atoms with Gasteiger partial charge in [-0.3, -0.25) is 4.79 Å². The summed E-state index contributed by atoms with van der Waals surface area (Å²) in [6, 6.07) is 0. The minimum absolute atomic E-state index is 0.174. The molecule has 0 amide bonds. The van der Waals surface area contributed by atoms with Crippen molar-refractivity contribution >= 4 is 5.97 Å². The molecule has 4 nitrogen and oxygen atoms in total. The molecule has 1 N–H and O–H groups in total. The van der Waals surface area contributed by atoms with Crippen molar-refractivity contribution in [3.63, 3.8) is 0 Å². The van der Waals surface area contributed by atoms with E-state index in [4.69, 9.17) is 9.47 Å². The van der Waals surface area contributed by atoms with E-state index in [2.05, 4.69) is 38.2 Å². The second kappa shape index (κ2) is 34.1. The molecule has 0 bridgehead atoms. The van der Waals surface area contributed by atoms with Crippen LogP contribution in [-0.2, 0) is 14.3 Å². The third kappa shape index (κ3) is 31.4. The van der Waals surface area contributed by atoms with Crippen molar-refractivity contribution in [3.05, 3.63) is 24.3 Å². The Hall–Kier alpha value is -1.13. The Morgan fingerprint density at radius 3 is 1.52 bits per heavy atom. The van der Waals surface area contributed by atoms with Crippen LogP contribution in [0.1, 0.15) is 174 Å². The topological polar surface area (TPSA) is 55.8 Å². The summed E-state index contributed by atoms with van der Waals surface area (Å²) in [5, 5.41) is 9.52.